The van der Waals surface area contributed by atoms with Crippen molar-refractivity contribution in [3.8, 4) is 0 Å². The molecule has 0 saturated carbocycles. The SMILES string of the molecule is O=S(=O)(CCCl)c1cc[c]c(Cl)c1. The quantitative estimate of drug-likeness (QED) is 0.756. The maximum atomic E-state index is 11.4. The van der Waals surface area contributed by atoms with Crippen molar-refractivity contribution >= 4 is 33.0 Å². The summed E-state index contributed by atoms with van der Waals surface area (Å²) in [6.07, 6.45) is 0. The summed E-state index contributed by atoms with van der Waals surface area (Å²) in [5.74, 6) is 0.00740. The lowest BCUT2D eigenvalue weighted by molar-refractivity contribution is 0.597. The van der Waals surface area contributed by atoms with Gasteiger partial charge in [-0.1, -0.05) is 17.7 Å². The van der Waals surface area contributed by atoms with Crippen molar-refractivity contribution in [1.82, 2.24) is 0 Å². The normalized spacial score (nSPS) is 11.5. The third kappa shape index (κ3) is 2.86. The molecule has 0 aliphatic heterocycles. The third-order valence-corrected chi connectivity index (χ3v) is 3.79. The van der Waals surface area contributed by atoms with Crippen molar-refractivity contribution in [2.75, 3.05) is 11.6 Å². The average Bonchev–Trinajstić information content (AvgIpc) is 2.04. The van der Waals surface area contributed by atoms with E-state index in [0.717, 1.165) is 0 Å². The Bertz CT molecular complexity index is 387. The van der Waals surface area contributed by atoms with E-state index in [1.807, 2.05) is 0 Å². The summed E-state index contributed by atoms with van der Waals surface area (Å²) in [5.41, 5.74) is 0. The molecule has 1 rings (SSSR count). The van der Waals surface area contributed by atoms with Crippen LogP contribution in [-0.2, 0) is 9.84 Å². The van der Waals surface area contributed by atoms with Gasteiger partial charge in [0.1, 0.15) is 0 Å². The van der Waals surface area contributed by atoms with E-state index in [1.165, 1.54) is 18.2 Å². The molecule has 0 fully saturated rings. The summed E-state index contributed by atoms with van der Waals surface area (Å²) in [7, 11) is -3.27. The number of hydrogen-bond donors (Lipinski definition) is 0. The minimum atomic E-state index is -3.27. The lowest BCUT2D eigenvalue weighted by Crippen LogP contribution is -2.07. The fourth-order valence-electron chi connectivity index (χ4n) is 0.831. The van der Waals surface area contributed by atoms with Gasteiger partial charge in [0, 0.05) is 17.0 Å². The number of rotatable bonds is 3. The Morgan fingerprint density at radius 1 is 1.46 bits per heavy atom. The third-order valence-electron chi connectivity index (χ3n) is 1.44. The first-order valence-electron chi connectivity index (χ1n) is 3.52. The Kier molecular flexibility index (Phi) is 3.59. The first-order chi connectivity index (χ1) is 6.06. The van der Waals surface area contributed by atoms with Crippen LogP contribution in [0, 0.1) is 6.07 Å². The highest BCUT2D eigenvalue weighted by molar-refractivity contribution is 7.91. The number of alkyl halides is 1. The number of halogens is 2. The molecular formula is C8H7Cl2O2S. The van der Waals surface area contributed by atoms with Gasteiger partial charge in [-0.25, -0.2) is 8.42 Å². The molecule has 0 unspecified atom stereocenters. The van der Waals surface area contributed by atoms with Crippen LogP contribution in [0.4, 0.5) is 0 Å². The Hall–Kier alpha value is -0.250. The monoisotopic (exact) mass is 237 g/mol. The van der Waals surface area contributed by atoms with Gasteiger partial charge in [-0.2, -0.15) is 0 Å². The largest absolute Gasteiger partial charge is 0.224 e. The maximum absolute atomic E-state index is 11.4. The van der Waals surface area contributed by atoms with Crippen LogP contribution in [-0.4, -0.2) is 20.1 Å². The molecule has 5 heteroatoms. The summed E-state index contributed by atoms with van der Waals surface area (Å²) in [6.45, 7) is 0. The van der Waals surface area contributed by atoms with Crippen LogP contribution >= 0.6 is 23.2 Å². The predicted octanol–water partition coefficient (Wildman–Crippen LogP) is 2.15. The zero-order valence-electron chi connectivity index (χ0n) is 6.63. The van der Waals surface area contributed by atoms with Gasteiger partial charge in [-0.3, -0.25) is 0 Å². The van der Waals surface area contributed by atoms with E-state index in [9.17, 15) is 8.42 Å². The number of hydrogen-bond acceptors (Lipinski definition) is 2. The number of sulfone groups is 1. The highest BCUT2D eigenvalue weighted by Crippen LogP contribution is 2.16. The molecule has 0 N–H and O–H groups in total. The zero-order valence-corrected chi connectivity index (χ0v) is 8.96. The van der Waals surface area contributed by atoms with E-state index in [4.69, 9.17) is 23.2 Å². The lowest BCUT2D eigenvalue weighted by Gasteiger charge is -2.01. The van der Waals surface area contributed by atoms with Crippen molar-refractivity contribution in [3.05, 3.63) is 29.3 Å². The molecule has 0 saturated heterocycles. The smallest absolute Gasteiger partial charge is 0.179 e. The van der Waals surface area contributed by atoms with Crippen molar-refractivity contribution in [2.24, 2.45) is 0 Å². The van der Waals surface area contributed by atoms with Gasteiger partial charge in [-0.05, 0) is 12.1 Å². The molecule has 0 amide bonds. The predicted molar refractivity (Wildman–Crippen MR) is 53.1 cm³/mol. The molecule has 0 aromatic heterocycles. The van der Waals surface area contributed by atoms with Crippen LogP contribution in [0.25, 0.3) is 0 Å². The van der Waals surface area contributed by atoms with E-state index in [2.05, 4.69) is 6.07 Å². The molecule has 1 aromatic rings. The fourth-order valence-corrected chi connectivity index (χ4v) is 2.70. The van der Waals surface area contributed by atoms with Crippen molar-refractivity contribution in [3.63, 3.8) is 0 Å². The van der Waals surface area contributed by atoms with Gasteiger partial charge < -0.3 is 0 Å². The molecule has 71 valence electrons. The van der Waals surface area contributed by atoms with Gasteiger partial charge in [0.15, 0.2) is 9.84 Å². The first kappa shape index (κ1) is 10.8. The molecule has 13 heavy (non-hydrogen) atoms. The topological polar surface area (TPSA) is 34.1 Å². The summed E-state index contributed by atoms with van der Waals surface area (Å²) in [5, 5.41) is 0.288. The Labute approximate surface area is 87.4 Å². The van der Waals surface area contributed by atoms with E-state index in [0.29, 0.717) is 0 Å². The van der Waals surface area contributed by atoms with Crippen LogP contribution in [0.1, 0.15) is 0 Å². The van der Waals surface area contributed by atoms with Crippen molar-refractivity contribution < 1.29 is 8.42 Å². The van der Waals surface area contributed by atoms with Crippen LogP contribution in [0.3, 0.4) is 0 Å². The van der Waals surface area contributed by atoms with Gasteiger partial charge in [0.25, 0.3) is 0 Å². The second kappa shape index (κ2) is 4.31. The average molecular weight is 238 g/mol. The van der Waals surface area contributed by atoms with Gasteiger partial charge in [-0.15, -0.1) is 11.6 Å². The van der Waals surface area contributed by atoms with Crippen molar-refractivity contribution in [2.45, 2.75) is 4.90 Å². The van der Waals surface area contributed by atoms with Crippen LogP contribution in [0.5, 0.6) is 0 Å². The molecule has 0 heterocycles. The molecule has 2 nitrogen and oxygen atoms in total. The van der Waals surface area contributed by atoms with E-state index in [-0.39, 0.29) is 21.6 Å². The van der Waals surface area contributed by atoms with Crippen molar-refractivity contribution in [1.29, 1.82) is 0 Å². The second-order valence-corrected chi connectivity index (χ2v) is 5.27. The van der Waals surface area contributed by atoms with Crippen LogP contribution in [0.15, 0.2) is 23.1 Å². The molecule has 1 radical (unpaired) electrons. The zero-order chi connectivity index (χ0) is 9.90. The standard InChI is InChI=1S/C8H7Cl2O2S/c9-4-5-13(11,12)8-3-1-2-7(10)6-8/h1,3,6H,4-5H2. The van der Waals surface area contributed by atoms with Crippen LogP contribution in [0.2, 0.25) is 5.02 Å². The van der Waals surface area contributed by atoms with Gasteiger partial charge in [0.2, 0.25) is 0 Å². The summed E-state index contributed by atoms with van der Waals surface area (Å²) in [6, 6.07) is 6.95. The Morgan fingerprint density at radius 2 is 2.15 bits per heavy atom. The summed E-state index contributed by atoms with van der Waals surface area (Å²) >= 11 is 11.0. The second-order valence-electron chi connectivity index (χ2n) is 2.38. The molecule has 0 aliphatic rings. The maximum Gasteiger partial charge on any atom is 0.179 e. The van der Waals surface area contributed by atoms with Gasteiger partial charge >= 0.3 is 0 Å². The highest BCUT2D eigenvalue weighted by atomic mass is 35.5. The molecule has 1 aromatic carbocycles. The first-order valence-corrected chi connectivity index (χ1v) is 6.09. The Morgan fingerprint density at radius 3 is 2.69 bits per heavy atom. The van der Waals surface area contributed by atoms with E-state index in [1.54, 1.807) is 0 Å². The minimum Gasteiger partial charge on any atom is -0.224 e. The van der Waals surface area contributed by atoms with Crippen LogP contribution < -0.4 is 0 Å². The fraction of sp³-hybridized carbons (Fsp3) is 0.250. The van der Waals surface area contributed by atoms with E-state index < -0.39 is 9.84 Å². The minimum absolute atomic E-state index is 0.0745. The molecular weight excluding hydrogens is 231 g/mol. The summed E-state index contributed by atoms with van der Waals surface area (Å²) in [4.78, 5) is 0.192. The lowest BCUT2D eigenvalue weighted by atomic mass is 10.4. The highest BCUT2D eigenvalue weighted by Gasteiger charge is 2.13. The summed E-state index contributed by atoms with van der Waals surface area (Å²) < 4.78 is 22.9. The molecule has 0 spiro atoms. The van der Waals surface area contributed by atoms with Gasteiger partial charge in [0.05, 0.1) is 10.6 Å². The Balaban J connectivity index is 3.08. The number of benzene rings is 1. The molecule has 0 aliphatic carbocycles. The molecule has 0 bridgehead atoms. The molecule has 0 atom stereocenters. The van der Waals surface area contributed by atoms with E-state index >= 15 is 0 Å².